The standard InChI is InChI=1S/C14H16ClN3O/c1-10-8-13(17-14(15)16-10)18(2)9-11-4-6-12(19-3)7-5-11/h4-8H,9H2,1-3H3. The Hall–Kier alpha value is -1.81. The molecule has 0 spiro atoms. The molecule has 100 valence electrons. The monoisotopic (exact) mass is 277 g/mol. The van der Waals surface area contributed by atoms with Crippen LogP contribution in [0.25, 0.3) is 0 Å². The fourth-order valence-electron chi connectivity index (χ4n) is 1.80. The second-order valence-electron chi connectivity index (χ2n) is 4.34. The number of halogens is 1. The van der Waals surface area contributed by atoms with E-state index < -0.39 is 0 Å². The molecule has 0 fully saturated rings. The van der Waals surface area contributed by atoms with Crippen molar-refractivity contribution in [2.75, 3.05) is 19.1 Å². The van der Waals surface area contributed by atoms with Gasteiger partial charge in [-0.15, -0.1) is 0 Å². The zero-order valence-corrected chi connectivity index (χ0v) is 12.0. The molecule has 0 aliphatic rings. The van der Waals surface area contributed by atoms with Crippen LogP contribution in [0.15, 0.2) is 30.3 Å². The van der Waals surface area contributed by atoms with Gasteiger partial charge in [-0.05, 0) is 36.2 Å². The second-order valence-corrected chi connectivity index (χ2v) is 4.68. The molecular formula is C14H16ClN3O. The summed E-state index contributed by atoms with van der Waals surface area (Å²) in [5.74, 6) is 1.67. The van der Waals surface area contributed by atoms with Gasteiger partial charge in [-0.2, -0.15) is 0 Å². The van der Waals surface area contributed by atoms with Crippen LogP contribution in [-0.2, 0) is 6.54 Å². The van der Waals surface area contributed by atoms with Crippen LogP contribution in [0, 0.1) is 6.92 Å². The van der Waals surface area contributed by atoms with Gasteiger partial charge in [-0.25, -0.2) is 9.97 Å². The SMILES string of the molecule is COc1ccc(CN(C)c2cc(C)nc(Cl)n2)cc1. The van der Waals surface area contributed by atoms with Gasteiger partial charge in [0.1, 0.15) is 11.6 Å². The smallest absolute Gasteiger partial charge is 0.224 e. The minimum Gasteiger partial charge on any atom is -0.497 e. The van der Waals surface area contributed by atoms with E-state index in [0.717, 1.165) is 23.8 Å². The van der Waals surface area contributed by atoms with Gasteiger partial charge in [-0.3, -0.25) is 0 Å². The van der Waals surface area contributed by atoms with E-state index in [1.807, 2.05) is 49.2 Å². The van der Waals surface area contributed by atoms with Gasteiger partial charge in [0, 0.05) is 25.4 Å². The summed E-state index contributed by atoms with van der Waals surface area (Å²) in [7, 11) is 3.63. The number of hydrogen-bond acceptors (Lipinski definition) is 4. The molecular weight excluding hydrogens is 262 g/mol. The zero-order chi connectivity index (χ0) is 13.8. The van der Waals surface area contributed by atoms with E-state index in [9.17, 15) is 0 Å². The predicted octanol–water partition coefficient (Wildman–Crippen LogP) is 3.08. The van der Waals surface area contributed by atoms with Gasteiger partial charge in [0.05, 0.1) is 7.11 Å². The minimum atomic E-state index is 0.275. The highest BCUT2D eigenvalue weighted by Crippen LogP contribution is 2.17. The summed E-state index contributed by atoms with van der Waals surface area (Å²) in [5.41, 5.74) is 2.03. The second kappa shape index (κ2) is 5.89. The fraction of sp³-hybridized carbons (Fsp3) is 0.286. The minimum absolute atomic E-state index is 0.275. The molecule has 5 heteroatoms. The summed E-state index contributed by atoms with van der Waals surface area (Å²) in [4.78, 5) is 10.3. The number of aromatic nitrogens is 2. The summed E-state index contributed by atoms with van der Waals surface area (Å²) in [6.07, 6.45) is 0. The molecule has 0 saturated heterocycles. The van der Waals surface area contributed by atoms with E-state index in [1.165, 1.54) is 5.56 Å². The van der Waals surface area contributed by atoms with Crippen LogP contribution >= 0.6 is 11.6 Å². The molecule has 2 aromatic rings. The number of hydrogen-bond donors (Lipinski definition) is 0. The average molecular weight is 278 g/mol. The first-order chi connectivity index (χ1) is 9.08. The molecule has 0 amide bonds. The Labute approximate surface area is 118 Å². The Kier molecular flexibility index (Phi) is 4.22. The Morgan fingerprint density at radius 3 is 2.47 bits per heavy atom. The van der Waals surface area contributed by atoms with Gasteiger partial charge in [-0.1, -0.05) is 12.1 Å². The highest BCUT2D eigenvalue weighted by molar-refractivity contribution is 6.28. The van der Waals surface area contributed by atoms with Crippen LogP contribution in [0.3, 0.4) is 0 Å². The summed E-state index contributed by atoms with van der Waals surface area (Å²) in [6, 6.07) is 9.87. The lowest BCUT2D eigenvalue weighted by atomic mass is 10.2. The highest BCUT2D eigenvalue weighted by Gasteiger charge is 2.06. The maximum absolute atomic E-state index is 5.87. The van der Waals surface area contributed by atoms with E-state index in [2.05, 4.69) is 9.97 Å². The van der Waals surface area contributed by atoms with Gasteiger partial charge in [0.2, 0.25) is 5.28 Å². The molecule has 2 rings (SSSR count). The first kappa shape index (κ1) is 13.6. The van der Waals surface area contributed by atoms with E-state index in [1.54, 1.807) is 7.11 Å². The van der Waals surface area contributed by atoms with Crippen LogP contribution in [0.2, 0.25) is 5.28 Å². The van der Waals surface area contributed by atoms with Gasteiger partial charge < -0.3 is 9.64 Å². The van der Waals surface area contributed by atoms with Crippen LogP contribution in [-0.4, -0.2) is 24.1 Å². The van der Waals surface area contributed by atoms with E-state index in [-0.39, 0.29) is 5.28 Å². The predicted molar refractivity (Wildman–Crippen MR) is 76.9 cm³/mol. The molecule has 0 N–H and O–H groups in total. The number of anilines is 1. The largest absolute Gasteiger partial charge is 0.497 e. The lowest BCUT2D eigenvalue weighted by molar-refractivity contribution is 0.414. The third-order valence-electron chi connectivity index (χ3n) is 2.78. The maximum atomic E-state index is 5.87. The van der Waals surface area contributed by atoms with E-state index in [0.29, 0.717) is 0 Å². The van der Waals surface area contributed by atoms with Crippen molar-refractivity contribution in [3.63, 3.8) is 0 Å². The first-order valence-corrected chi connectivity index (χ1v) is 6.31. The number of ether oxygens (including phenoxy) is 1. The first-order valence-electron chi connectivity index (χ1n) is 5.94. The summed E-state index contributed by atoms with van der Waals surface area (Å²) in [5, 5.41) is 0.275. The lowest BCUT2D eigenvalue weighted by Gasteiger charge is -2.18. The van der Waals surface area contributed by atoms with Gasteiger partial charge >= 0.3 is 0 Å². The van der Waals surface area contributed by atoms with Crippen molar-refractivity contribution in [2.24, 2.45) is 0 Å². The molecule has 0 unspecified atom stereocenters. The molecule has 0 aliphatic carbocycles. The molecule has 0 radical (unpaired) electrons. The van der Waals surface area contributed by atoms with Gasteiger partial charge in [0.25, 0.3) is 0 Å². The van der Waals surface area contributed by atoms with Crippen LogP contribution < -0.4 is 9.64 Å². The van der Waals surface area contributed by atoms with Crippen LogP contribution in [0.4, 0.5) is 5.82 Å². The molecule has 0 aliphatic heterocycles. The summed E-state index contributed by atoms with van der Waals surface area (Å²) >= 11 is 5.87. The Morgan fingerprint density at radius 2 is 1.89 bits per heavy atom. The van der Waals surface area contributed by atoms with Gasteiger partial charge in [0.15, 0.2) is 0 Å². The normalized spacial score (nSPS) is 10.3. The Morgan fingerprint density at radius 1 is 1.21 bits per heavy atom. The number of methoxy groups -OCH3 is 1. The topological polar surface area (TPSA) is 38.2 Å². The Balaban J connectivity index is 2.13. The van der Waals surface area contributed by atoms with E-state index >= 15 is 0 Å². The van der Waals surface area contributed by atoms with Crippen molar-refractivity contribution >= 4 is 17.4 Å². The lowest BCUT2D eigenvalue weighted by Crippen LogP contribution is -2.18. The number of benzene rings is 1. The molecule has 1 heterocycles. The molecule has 4 nitrogen and oxygen atoms in total. The van der Waals surface area contributed by atoms with Crippen LogP contribution in [0.5, 0.6) is 5.75 Å². The van der Waals surface area contributed by atoms with Crippen molar-refractivity contribution in [3.05, 3.63) is 46.9 Å². The summed E-state index contributed by atoms with van der Waals surface area (Å²) in [6.45, 7) is 2.65. The molecule has 0 bridgehead atoms. The summed E-state index contributed by atoms with van der Waals surface area (Å²) < 4.78 is 5.14. The van der Waals surface area contributed by atoms with Crippen molar-refractivity contribution < 1.29 is 4.74 Å². The molecule has 1 aromatic carbocycles. The zero-order valence-electron chi connectivity index (χ0n) is 11.2. The molecule has 1 aromatic heterocycles. The van der Waals surface area contributed by atoms with Crippen molar-refractivity contribution in [1.29, 1.82) is 0 Å². The molecule has 0 saturated carbocycles. The van der Waals surface area contributed by atoms with Crippen molar-refractivity contribution in [3.8, 4) is 5.75 Å². The van der Waals surface area contributed by atoms with E-state index in [4.69, 9.17) is 16.3 Å². The molecule has 19 heavy (non-hydrogen) atoms. The number of aryl methyl sites for hydroxylation is 1. The van der Waals surface area contributed by atoms with Crippen molar-refractivity contribution in [2.45, 2.75) is 13.5 Å². The maximum Gasteiger partial charge on any atom is 0.224 e. The van der Waals surface area contributed by atoms with Crippen molar-refractivity contribution in [1.82, 2.24) is 9.97 Å². The fourth-order valence-corrected chi connectivity index (χ4v) is 2.02. The highest BCUT2D eigenvalue weighted by atomic mass is 35.5. The Bertz CT molecular complexity index is 537. The molecule has 0 atom stereocenters. The third-order valence-corrected chi connectivity index (χ3v) is 2.95. The average Bonchev–Trinajstić information content (AvgIpc) is 2.38. The van der Waals surface area contributed by atoms with Crippen LogP contribution in [0.1, 0.15) is 11.3 Å². The third kappa shape index (κ3) is 3.58. The number of rotatable bonds is 4. The quantitative estimate of drug-likeness (QED) is 0.805. The number of nitrogens with zero attached hydrogens (tertiary/aromatic N) is 3.